The van der Waals surface area contributed by atoms with Crippen LogP contribution in [0.1, 0.15) is 25.7 Å². The molecule has 2 fully saturated rings. The molecule has 0 aromatic heterocycles. The number of amides is 2. The number of halogens is 3. The van der Waals surface area contributed by atoms with Gasteiger partial charge in [-0.15, -0.1) is 0 Å². The number of carbonyl (C=O) groups is 2. The fourth-order valence-electron chi connectivity index (χ4n) is 3.14. The first kappa shape index (κ1) is 19.0. The van der Waals surface area contributed by atoms with Gasteiger partial charge in [0, 0.05) is 32.7 Å². The molecule has 2 N–H and O–H groups in total. The van der Waals surface area contributed by atoms with Crippen LogP contribution in [0.2, 0.25) is 0 Å². The summed E-state index contributed by atoms with van der Waals surface area (Å²) < 4.78 is 42.9. The summed E-state index contributed by atoms with van der Waals surface area (Å²) >= 11 is 0. The summed E-state index contributed by atoms with van der Waals surface area (Å²) in [7, 11) is 0. The van der Waals surface area contributed by atoms with Gasteiger partial charge in [-0.25, -0.2) is 0 Å². The van der Waals surface area contributed by atoms with Crippen LogP contribution in [0, 0.1) is 5.92 Å². The van der Waals surface area contributed by atoms with Crippen molar-refractivity contribution in [1.29, 1.82) is 0 Å². The lowest BCUT2D eigenvalue weighted by Crippen LogP contribution is -2.44. The number of carbonyl (C=O) groups excluding carboxylic acids is 2. The summed E-state index contributed by atoms with van der Waals surface area (Å²) in [5.74, 6) is -1.51. The highest BCUT2D eigenvalue weighted by Crippen LogP contribution is 2.26. The zero-order chi connectivity index (χ0) is 17.7. The van der Waals surface area contributed by atoms with Gasteiger partial charge in [-0.05, 0) is 25.8 Å². The molecular formula is C15H24F3N3O3. The van der Waals surface area contributed by atoms with E-state index in [2.05, 4.69) is 0 Å². The average Bonchev–Trinajstić information content (AvgIpc) is 2.87. The molecule has 24 heavy (non-hydrogen) atoms. The van der Waals surface area contributed by atoms with Crippen LogP contribution < -0.4 is 5.73 Å². The second-order valence-corrected chi connectivity index (χ2v) is 6.33. The maximum absolute atomic E-state index is 12.4. The fraction of sp³-hybridized carbons (Fsp3) is 0.867. The number of nitrogens with two attached hydrogens (primary N) is 1. The molecule has 0 radical (unpaired) electrons. The van der Waals surface area contributed by atoms with Crippen molar-refractivity contribution in [3.63, 3.8) is 0 Å². The molecule has 2 saturated heterocycles. The first-order valence-electron chi connectivity index (χ1n) is 8.25. The largest absolute Gasteiger partial charge is 0.406 e. The van der Waals surface area contributed by atoms with Crippen molar-refractivity contribution in [2.75, 3.05) is 39.3 Å². The lowest BCUT2D eigenvalue weighted by molar-refractivity contribution is -0.157. The van der Waals surface area contributed by atoms with E-state index >= 15 is 0 Å². The number of hydrogen-bond donors (Lipinski definition) is 1. The number of alkyl halides is 3. The van der Waals surface area contributed by atoms with Gasteiger partial charge < -0.3 is 20.3 Å². The number of nitrogens with zero attached hydrogens (tertiary/aromatic N) is 2. The molecule has 0 aromatic carbocycles. The minimum atomic E-state index is -4.44. The zero-order valence-electron chi connectivity index (χ0n) is 13.6. The maximum Gasteiger partial charge on any atom is 0.406 e. The predicted molar refractivity (Wildman–Crippen MR) is 80.0 cm³/mol. The van der Waals surface area contributed by atoms with Crippen molar-refractivity contribution in [1.82, 2.24) is 9.80 Å². The molecule has 0 aromatic rings. The van der Waals surface area contributed by atoms with Gasteiger partial charge in [0.2, 0.25) is 11.8 Å². The smallest absolute Gasteiger partial charge is 0.378 e. The van der Waals surface area contributed by atoms with Crippen molar-refractivity contribution in [2.24, 2.45) is 11.7 Å². The topological polar surface area (TPSA) is 75.9 Å². The van der Waals surface area contributed by atoms with Gasteiger partial charge in [-0.1, -0.05) is 0 Å². The normalized spacial score (nSPS) is 23.2. The zero-order valence-corrected chi connectivity index (χ0v) is 13.6. The third kappa shape index (κ3) is 5.34. The highest BCUT2D eigenvalue weighted by molar-refractivity contribution is 5.89. The van der Waals surface area contributed by atoms with Crippen LogP contribution in [-0.2, 0) is 14.3 Å². The molecule has 0 unspecified atom stereocenters. The van der Waals surface area contributed by atoms with Gasteiger partial charge >= 0.3 is 6.18 Å². The van der Waals surface area contributed by atoms with Gasteiger partial charge in [-0.2, -0.15) is 13.2 Å². The van der Waals surface area contributed by atoms with Crippen LogP contribution in [0.25, 0.3) is 0 Å². The number of rotatable bonds is 6. The summed E-state index contributed by atoms with van der Waals surface area (Å²) in [5.41, 5.74) is 5.40. The Morgan fingerprint density at radius 2 is 1.96 bits per heavy atom. The highest BCUT2D eigenvalue weighted by Gasteiger charge is 2.42. The standard InChI is InChI=1S/C15H24F3N3O3/c16-15(17,18)10-21-9-11(8-13(21)22)14(23)20-5-2-12(3-6-20)24-7-1-4-19/h11-12H,1-10,19H2/t11-/m0/s1. The Labute approximate surface area is 139 Å². The third-order valence-corrected chi connectivity index (χ3v) is 4.39. The van der Waals surface area contributed by atoms with Crippen LogP contribution in [0.4, 0.5) is 13.2 Å². The van der Waals surface area contributed by atoms with Gasteiger partial charge in [0.15, 0.2) is 0 Å². The highest BCUT2D eigenvalue weighted by atomic mass is 19.4. The predicted octanol–water partition coefficient (Wildman–Crippen LogP) is 0.754. The number of likely N-dealkylation sites (tertiary alicyclic amines) is 2. The Morgan fingerprint density at radius 1 is 1.29 bits per heavy atom. The van der Waals surface area contributed by atoms with Crippen molar-refractivity contribution >= 4 is 11.8 Å². The monoisotopic (exact) mass is 351 g/mol. The second-order valence-electron chi connectivity index (χ2n) is 6.33. The number of hydrogen-bond acceptors (Lipinski definition) is 4. The number of piperidine rings is 1. The minimum absolute atomic E-state index is 0.0903. The van der Waals surface area contributed by atoms with Crippen LogP contribution in [0.3, 0.4) is 0 Å². The molecule has 0 aliphatic carbocycles. The Hall–Kier alpha value is -1.35. The fourth-order valence-corrected chi connectivity index (χ4v) is 3.14. The van der Waals surface area contributed by atoms with E-state index in [1.807, 2.05) is 0 Å². The molecule has 1 atom stereocenters. The van der Waals surface area contributed by atoms with Gasteiger partial charge in [-0.3, -0.25) is 9.59 Å². The van der Waals surface area contributed by atoms with E-state index in [9.17, 15) is 22.8 Å². The summed E-state index contributed by atoms with van der Waals surface area (Å²) in [6, 6.07) is 0. The SMILES string of the molecule is NCCCOC1CCN(C(=O)[C@H]2CC(=O)N(CC(F)(F)F)C2)CC1. The minimum Gasteiger partial charge on any atom is -0.378 e. The van der Waals surface area contributed by atoms with E-state index in [0.29, 0.717) is 39.1 Å². The van der Waals surface area contributed by atoms with E-state index < -0.39 is 24.5 Å². The molecular weight excluding hydrogens is 327 g/mol. The van der Waals surface area contributed by atoms with Crippen molar-refractivity contribution < 1.29 is 27.5 Å². The molecule has 2 aliphatic rings. The summed E-state index contributed by atoms with van der Waals surface area (Å²) in [5, 5.41) is 0. The van der Waals surface area contributed by atoms with Crippen LogP contribution >= 0.6 is 0 Å². The lowest BCUT2D eigenvalue weighted by Gasteiger charge is -2.33. The second kappa shape index (κ2) is 8.15. The van der Waals surface area contributed by atoms with E-state index in [0.717, 1.165) is 11.3 Å². The van der Waals surface area contributed by atoms with Crippen molar-refractivity contribution in [3.05, 3.63) is 0 Å². The Bertz CT molecular complexity index is 451. The van der Waals surface area contributed by atoms with Crippen molar-refractivity contribution in [3.8, 4) is 0 Å². The molecule has 0 bridgehead atoms. The lowest BCUT2D eigenvalue weighted by atomic mass is 10.0. The molecule has 2 aliphatic heterocycles. The Kier molecular flexibility index (Phi) is 6.45. The third-order valence-electron chi connectivity index (χ3n) is 4.39. The maximum atomic E-state index is 12.4. The Morgan fingerprint density at radius 3 is 2.54 bits per heavy atom. The first-order valence-corrected chi connectivity index (χ1v) is 8.25. The molecule has 0 saturated carbocycles. The van der Waals surface area contributed by atoms with Crippen molar-refractivity contribution in [2.45, 2.75) is 38.0 Å². The molecule has 138 valence electrons. The molecule has 2 heterocycles. The molecule has 0 spiro atoms. The molecule has 9 heteroatoms. The summed E-state index contributed by atoms with van der Waals surface area (Å²) in [6.07, 6.45) is -2.30. The van der Waals surface area contributed by atoms with E-state index in [1.54, 1.807) is 4.90 Å². The summed E-state index contributed by atoms with van der Waals surface area (Å²) in [6.45, 7) is 0.753. The van der Waals surface area contributed by atoms with Crippen LogP contribution in [-0.4, -0.2) is 73.2 Å². The van der Waals surface area contributed by atoms with E-state index in [-0.39, 0.29) is 25.0 Å². The van der Waals surface area contributed by atoms with E-state index in [1.165, 1.54) is 0 Å². The van der Waals surface area contributed by atoms with E-state index in [4.69, 9.17) is 10.5 Å². The van der Waals surface area contributed by atoms with Gasteiger partial charge in [0.25, 0.3) is 0 Å². The molecule has 6 nitrogen and oxygen atoms in total. The van der Waals surface area contributed by atoms with Crippen LogP contribution in [0.5, 0.6) is 0 Å². The van der Waals surface area contributed by atoms with Crippen LogP contribution in [0.15, 0.2) is 0 Å². The summed E-state index contributed by atoms with van der Waals surface area (Å²) in [4.78, 5) is 26.5. The van der Waals surface area contributed by atoms with Gasteiger partial charge in [0.1, 0.15) is 6.54 Å². The quantitative estimate of drug-likeness (QED) is 0.717. The molecule has 2 amide bonds. The number of ether oxygens (including phenoxy) is 1. The van der Waals surface area contributed by atoms with Gasteiger partial charge in [0.05, 0.1) is 12.0 Å². The average molecular weight is 351 g/mol. The first-order chi connectivity index (χ1) is 11.3. The molecule has 2 rings (SSSR count). The Balaban J connectivity index is 1.78.